The summed E-state index contributed by atoms with van der Waals surface area (Å²) in [4.78, 5) is 23.8. The molecule has 7 heteroatoms. The first-order chi connectivity index (χ1) is 13.1. The fourth-order valence-electron chi connectivity index (χ4n) is 2.27. The first kappa shape index (κ1) is 20.3. The van der Waals surface area contributed by atoms with Crippen LogP contribution in [0.15, 0.2) is 48.5 Å². The fourth-order valence-corrected chi connectivity index (χ4v) is 2.27. The number of hydrogen-bond donors (Lipinski definition) is 3. The molecule has 0 saturated heterocycles. The van der Waals surface area contributed by atoms with Gasteiger partial charge in [0.1, 0.15) is 11.5 Å². The van der Waals surface area contributed by atoms with E-state index in [2.05, 4.69) is 10.6 Å². The van der Waals surface area contributed by atoms with Crippen LogP contribution in [-0.4, -0.2) is 38.6 Å². The lowest BCUT2D eigenvalue weighted by Gasteiger charge is -2.09. The van der Waals surface area contributed by atoms with Crippen molar-refractivity contribution in [2.75, 3.05) is 26.8 Å². The number of methoxy groups -OCH3 is 1. The molecule has 7 nitrogen and oxygen atoms in total. The van der Waals surface area contributed by atoms with Crippen LogP contribution in [0.3, 0.4) is 0 Å². The Labute approximate surface area is 158 Å². The van der Waals surface area contributed by atoms with E-state index in [0.29, 0.717) is 36.7 Å². The van der Waals surface area contributed by atoms with Gasteiger partial charge in [0.2, 0.25) is 0 Å². The predicted molar refractivity (Wildman–Crippen MR) is 103 cm³/mol. The summed E-state index contributed by atoms with van der Waals surface area (Å²) in [6, 6.07) is 14.1. The Hall–Kier alpha value is -3.06. The lowest BCUT2D eigenvalue weighted by Crippen LogP contribution is -2.28. The molecule has 0 aliphatic rings. The second kappa shape index (κ2) is 10.8. The molecular formula is C20H25N3O4. The molecule has 0 radical (unpaired) electrons. The number of rotatable bonds is 10. The monoisotopic (exact) mass is 371 g/mol. The second-order valence-electron chi connectivity index (χ2n) is 5.84. The molecule has 0 aromatic heterocycles. The summed E-state index contributed by atoms with van der Waals surface area (Å²) in [5.41, 5.74) is 6.86. The van der Waals surface area contributed by atoms with Gasteiger partial charge in [-0.15, -0.1) is 0 Å². The number of carbonyl (C=O) groups is 2. The van der Waals surface area contributed by atoms with Gasteiger partial charge < -0.3 is 25.8 Å². The van der Waals surface area contributed by atoms with Gasteiger partial charge >= 0.3 is 0 Å². The highest BCUT2D eigenvalue weighted by atomic mass is 16.5. The number of benzene rings is 2. The predicted octanol–water partition coefficient (Wildman–Crippen LogP) is 1.47. The van der Waals surface area contributed by atoms with Gasteiger partial charge in [-0.05, 0) is 42.8 Å². The Morgan fingerprint density at radius 3 is 2.48 bits per heavy atom. The van der Waals surface area contributed by atoms with E-state index in [1.54, 1.807) is 55.6 Å². The molecule has 144 valence electrons. The normalized spacial score (nSPS) is 10.1. The Kier molecular flexibility index (Phi) is 8.12. The molecule has 2 aromatic rings. The number of hydrogen-bond acceptors (Lipinski definition) is 5. The molecule has 0 unspecified atom stereocenters. The van der Waals surface area contributed by atoms with E-state index in [-0.39, 0.29) is 18.4 Å². The highest BCUT2D eigenvalue weighted by molar-refractivity contribution is 5.94. The summed E-state index contributed by atoms with van der Waals surface area (Å²) < 4.78 is 10.5. The summed E-state index contributed by atoms with van der Waals surface area (Å²) in [6.07, 6.45) is 0.744. The maximum Gasteiger partial charge on any atom is 0.258 e. The van der Waals surface area contributed by atoms with Crippen molar-refractivity contribution in [1.29, 1.82) is 0 Å². The van der Waals surface area contributed by atoms with Crippen LogP contribution in [0.25, 0.3) is 0 Å². The molecule has 0 bridgehead atoms. The van der Waals surface area contributed by atoms with Gasteiger partial charge in [-0.2, -0.15) is 0 Å². The highest BCUT2D eigenvalue weighted by Gasteiger charge is 2.06. The van der Waals surface area contributed by atoms with Crippen molar-refractivity contribution >= 4 is 11.8 Å². The summed E-state index contributed by atoms with van der Waals surface area (Å²) in [6.45, 7) is 1.37. The average molecular weight is 371 g/mol. The van der Waals surface area contributed by atoms with Crippen molar-refractivity contribution < 1.29 is 19.1 Å². The van der Waals surface area contributed by atoms with E-state index in [1.165, 1.54) is 0 Å². The SMILES string of the molecule is COc1cccc(OCC(=O)NCc2ccc(C(=O)NCCCN)cc2)c1. The zero-order valence-corrected chi connectivity index (χ0v) is 15.4. The number of nitrogens with two attached hydrogens (primary N) is 1. The molecule has 0 atom stereocenters. The topological polar surface area (TPSA) is 103 Å². The standard InChI is InChI=1S/C20H25N3O4/c1-26-17-4-2-5-18(12-17)27-14-19(24)23-13-15-6-8-16(9-7-15)20(25)22-11-3-10-21/h2,4-9,12H,3,10-11,13-14,21H2,1H3,(H,22,25)(H,23,24). The van der Waals surface area contributed by atoms with Crippen LogP contribution in [0.1, 0.15) is 22.3 Å². The molecule has 27 heavy (non-hydrogen) atoms. The van der Waals surface area contributed by atoms with Crippen LogP contribution in [0, 0.1) is 0 Å². The van der Waals surface area contributed by atoms with E-state index in [4.69, 9.17) is 15.2 Å². The maximum atomic E-state index is 11.9. The molecule has 0 saturated carbocycles. The Morgan fingerprint density at radius 2 is 1.78 bits per heavy atom. The molecule has 0 aliphatic carbocycles. The number of amides is 2. The van der Waals surface area contributed by atoms with Gasteiger partial charge in [0, 0.05) is 24.7 Å². The molecule has 0 fully saturated rings. The Morgan fingerprint density at radius 1 is 1.04 bits per heavy atom. The minimum atomic E-state index is -0.235. The van der Waals surface area contributed by atoms with Crippen LogP contribution in [0.2, 0.25) is 0 Å². The first-order valence-corrected chi connectivity index (χ1v) is 8.73. The quantitative estimate of drug-likeness (QED) is 0.549. The zero-order valence-electron chi connectivity index (χ0n) is 15.4. The lowest BCUT2D eigenvalue weighted by molar-refractivity contribution is -0.123. The number of nitrogens with one attached hydrogen (secondary N) is 2. The van der Waals surface area contributed by atoms with Crippen molar-refractivity contribution in [3.8, 4) is 11.5 Å². The van der Waals surface area contributed by atoms with E-state index < -0.39 is 0 Å². The van der Waals surface area contributed by atoms with E-state index in [9.17, 15) is 9.59 Å². The van der Waals surface area contributed by atoms with Crippen molar-refractivity contribution in [3.05, 3.63) is 59.7 Å². The molecule has 2 amide bonds. The van der Waals surface area contributed by atoms with Gasteiger partial charge in [0.05, 0.1) is 7.11 Å². The third kappa shape index (κ3) is 6.99. The molecule has 0 aliphatic heterocycles. The second-order valence-corrected chi connectivity index (χ2v) is 5.84. The van der Waals surface area contributed by atoms with E-state index in [1.807, 2.05) is 0 Å². The molecule has 0 spiro atoms. The van der Waals surface area contributed by atoms with E-state index in [0.717, 1.165) is 12.0 Å². The molecular weight excluding hydrogens is 346 g/mol. The summed E-state index contributed by atoms with van der Waals surface area (Å²) in [7, 11) is 1.57. The summed E-state index contributed by atoms with van der Waals surface area (Å²) >= 11 is 0. The molecule has 2 rings (SSSR count). The lowest BCUT2D eigenvalue weighted by atomic mass is 10.1. The van der Waals surface area contributed by atoms with E-state index >= 15 is 0 Å². The third-order valence-corrected chi connectivity index (χ3v) is 3.78. The first-order valence-electron chi connectivity index (χ1n) is 8.73. The van der Waals surface area contributed by atoms with Crippen LogP contribution >= 0.6 is 0 Å². The zero-order chi connectivity index (χ0) is 19.5. The number of carbonyl (C=O) groups excluding carboxylic acids is 2. The van der Waals surface area contributed by atoms with Gasteiger partial charge in [0.25, 0.3) is 11.8 Å². The third-order valence-electron chi connectivity index (χ3n) is 3.78. The summed E-state index contributed by atoms with van der Waals surface area (Å²) in [5, 5.41) is 5.57. The smallest absolute Gasteiger partial charge is 0.258 e. The Balaban J connectivity index is 1.75. The van der Waals surface area contributed by atoms with Crippen molar-refractivity contribution in [2.24, 2.45) is 5.73 Å². The summed E-state index contributed by atoms with van der Waals surface area (Å²) in [5.74, 6) is 0.863. The molecule has 0 heterocycles. The minimum Gasteiger partial charge on any atom is -0.497 e. The average Bonchev–Trinajstić information content (AvgIpc) is 2.71. The molecule has 2 aromatic carbocycles. The van der Waals surface area contributed by atoms with Crippen LogP contribution in [0.4, 0.5) is 0 Å². The van der Waals surface area contributed by atoms with Crippen LogP contribution < -0.4 is 25.8 Å². The van der Waals surface area contributed by atoms with Crippen LogP contribution in [0.5, 0.6) is 11.5 Å². The van der Waals surface area contributed by atoms with Crippen molar-refractivity contribution in [1.82, 2.24) is 10.6 Å². The van der Waals surface area contributed by atoms with Gasteiger partial charge in [-0.3, -0.25) is 9.59 Å². The Bertz CT molecular complexity index is 747. The van der Waals surface area contributed by atoms with Crippen LogP contribution in [-0.2, 0) is 11.3 Å². The highest BCUT2D eigenvalue weighted by Crippen LogP contribution is 2.18. The molecule has 4 N–H and O–H groups in total. The largest absolute Gasteiger partial charge is 0.497 e. The van der Waals surface area contributed by atoms with Crippen molar-refractivity contribution in [3.63, 3.8) is 0 Å². The van der Waals surface area contributed by atoms with Gasteiger partial charge in [0.15, 0.2) is 6.61 Å². The van der Waals surface area contributed by atoms with Gasteiger partial charge in [-0.1, -0.05) is 18.2 Å². The van der Waals surface area contributed by atoms with Gasteiger partial charge in [-0.25, -0.2) is 0 Å². The van der Waals surface area contributed by atoms with Crippen molar-refractivity contribution in [2.45, 2.75) is 13.0 Å². The number of ether oxygens (including phenoxy) is 2. The maximum absolute atomic E-state index is 11.9. The fraction of sp³-hybridized carbons (Fsp3) is 0.300. The minimum absolute atomic E-state index is 0.0885.